The molecule has 138 valence electrons. The van der Waals surface area contributed by atoms with Gasteiger partial charge in [0.05, 0.1) is 6.21 Å². The van der Waals surface area contributed by atoms with Crippen LogP contribution in [0.3, 0.4) is 0 Å². The normalized spacial score (nSPS) is 11.1. The standard InChI is InChI=1S/C20H20N4O3/c1-11-8-16(10-22-23-19(25)18-7-6-12(2)26-18)14(4)24(11)20-17(9-21)13(3)15(5)27-20/h6-8,10H,1-5H3,(H,23,25)/b22-10-. The average molecular weight is 364 g/mol. The van der Waals surface area contributed by atoms with Crippen molar-refractivity contribution in [1.29, 1.82) is 5.26 Å². The van der Waals surface area contributed by atoms with Crippen molar-refractivity contribution in [3.63, 3.8) is 0 Å². The van der Waals surface area contributed by atoms with Crippen LogP contribution >= 0.6 is 0 Å². The predicted octanol–water partition coefficient (Wildman–Crippen LogP) is 3.84. The number of carbonyl (C=O) groups is 1. The summed E-state index contributed by atoms with van der Waals surface area (Å²) in [4.78, 5) is 12.0. The molecule has 0 aliphatic heterocycles. The fraction of sp³-hybridized carbons (Fsp3) is 0.250. The largest absolute Gasteiger partial charge is 0.456 e. The molecule has 0 atom stereocenters. The molecule has 0 bridgehead atoms. The van der Waals surface area contributed by atoms with Gasteiger partial charge in [-0.2, -0.15) is 10.4 Å². The molecule has 0 unspecified atom stereocenters. The lowest BCUT2D eigenvalue weighted by Gasteiger charge is -2.06. The van der Waals surface area contributed by atoms with E-state index in [4.69, 9.17) is 8.83 Å². The first kappa shape index (κ1) is 18.3. The first-order valence-corrected chi connectivity index (χ1v) is 8.42. The summed E-state index contributed by atoms with van der Waals surface area (Å²) in [7, 11) is 0. The van der Waals surface area contributed by atoms with E-state index in [1.165, 1.54) is 0 Å². The summed E-state index contributed by atoms with van der Waals surface area (Å²) in [6, 6.07) is 7.43. The smallest absolute Gasteiger partial charge is 0.307 e. The molecule has 3 heterocycles. The van der Waals surface area contributed by atoms with Crippen LogP contribution in [0.1, 0.15) is 50.2 Å². The van der Waals surface area contributed by atoms with E-state index in [-0.39, 0.29) is 5.76 Å². The maximum Gasteiger partial charge on any atom is 0.307 e. The molecular weight excluding hydrogens is 344 g/mol. The molecule has 0 aliphatic carbocycles. The number of nitriles is 1. The third-order valence-electron chi connectivity index (χ3n) is 4.49. The molecule has 0 saturated carbocycles. The van der Waals surface area contributed by atoms with Crippen LogP contribution in [0.2, 0.25) is 0 Å². The highest BCUT2D eigenvalue weighted by Crippen LogP contribution is 2.28. The van der Waals surface area contributed by atoms with E-state index < -0.39 is 5.91 Å². The third kappa shape index (κ3) is 3.29. The van der Waals surface area contributed by atoms with E-state index in [2.05, 4.69) is 16.6 Å². The van der Waals surface area contributed by atoms with Crippen LogP contribution < -0.4 is 5.43 Å². The van der Waals surface area contributed by atoms with Crippen molar-refractivity contribution >= 4 is 12.1 Å². The summed E-state index contributed by atoms with van der Waals surface area (Å²) in [5, 5.41) is 13.5. The highest BCUT2D eigenvalue weighted by atomic mass is 16.4. The zero-order chi connectivity index (χ0) is 19.7. The van der Waals surface area contributed by atoms with Gasteiger partial charge < -0.3 is 8.83 Å². The molecular formula is C20H20N4O3. The molecule has 1 amide bonds. The number of nitrogens with one attached hydrogen (secondary N) is 1. The second-order valence-corrected chi connectivity index (χ2v) is 6.35. The number of carbonyl (C=O) groups excluding carboxylic acids is 1. The van der Waals surface area contributed by atoms with Gasteiger partial charge in [-0.05, 0) is 52.8 Å². The summed E-state index contributed by atoms with van der Waals surface area (Å²) < 4.78 is 12.9. The Kier molecular flexibility index (Phi) is 4.74. The van der Waals surface area contributed by atoms with Gasteiger partial charge in [-0.15, -0.1) is 0 Å². The van der Waals surface area contributed by atoms with Gasteiger partial charge in [0.15, 0.2) is 5.76 Å². The number of hydrogen-bond donors (Lipinski definition) is 1. The summed E-state index contributed by atoms with van der Waals surface area (Å²) in [6.07, 6.45) is 1.56. The van der Waals surface area contributed by atoms with Crippen molar-refractivity contribution in [1.82, 2.24) is 9.99 Å². The molecule has 0 aliphatic rings. The topological polar surface area (TPSA) is 96.5 Å². The van der Waals surface area contributed by atoms with E-state index in [9.17, 15) is 10.1 Å². The second kappa shape index (κ2) is 7.00. The number of rotatable bonds is 4. The quantitative estimate of drug-likeness (QED) is 0.562. The van der Waals surface area contributed by atoms with Crippen molar-refractivity contribution in [2.75, 3.05) is 0 Å². The Morgan fingerprint density at radius 2 is 1.96 bits per heavy atom. The minimum Gasteiger partial charge on any atom is -0.456 e. The highest BCUT2D eigenvalue weighted by Gasteiger charge is 2.20. The van der Waals surface area contributed by atoms with Gasteiger partial charge in [-0.1, -0.05) is 0 Å². The number of aryl methyl sites for hydroxylation is 3. The van der Waals surface area contributed by atoms with Crippen LogP contribution in [0.5, 0.6) is 0 Å². The lowest BCUT2D eigenvalue weighted by molar-refractivity contribution is 0.0926. The zero-order valence-corrected chi connectivity index (χ0v) is 15.9. The molecule has 3 aromatic heterocycles. The van der Waals surface area contributed by atoms with Gasteiger partial charge in [0, 0.05) is 22.5 Å². The lowest BCUT2D eigenvalue weighted by Crippen LogP contribution is -2.16. The van der Waals surface area contributed by atoms with Crippen molar-refractivity contribution in [2.45, 2.75) is 34.6 Å². The average Bonchev–Trinajstić information content (AvgIpc) is 3.25. The van der Waals surface area contributed by atoms with E-state index in [0.717, 1.165) is 22.5 Å². The molecule has 0 fully saturated rings. The Hall–Kier alpha value is -3.53. The van der Waals surface area contributed by atoms with E-state index in [0.29, 0.717) is 23.0 Å². The summed E-state index contributed by atoms with van der Waals surface area (Å²) in [6.45, 7) is 9.29. The number of aromatic nitrogens is 1. The predicted molar refractivity (Wildman–Crippen MR) is 100 cm³/mol. The highest BCUT2D eigenvalue weighted by molar-refractivity contribution is 5.92. The zero-order valence-electron chi connectivity index (χ0n) is 15.9. The first-order valence-electron chi connectivity index (χ1n) is 8.42. The molecule has 7 heteroatoms. The molecule has 27 heavy (non-hydrogen) atoms. The number of amides is 1. The van der Waals surface area contributed by atoms with Gasteiger partial charge >= 0.3 is 5.91 Å². The molecule has 7 nitrogen and oxygen atoms in total. The number of nitrogens with zero attached hydrogens (tertiary/aromatic N) is 3. The van der Waals surface area contributed by atoms with Gasteiger partial charge in [0.25, 0.3) is 0 Å². The Bertz CT molecular complexity index is 1090. The first-order chi connectivity index (χ1) is 12.8. The van der Waals surface area contributed by atoms with Gasteiger partial charge in [-0.25, -0.2) is 5.43 Å². The second-order valence-electron chi connectivity index (χ2n) is 6.35. The van der Waals surface area contributed by atoms with Crippen LogP contribution in [-0.2, 0) is 0 Å². The summed E-state index contributed by atoms with van der Waals surface area (Å²) in [5.74, 6) is 1.65. The lowest BCUT2D eigenvalue weighted by atomic mass is 10.2. The molecule has 0 spiro atoms. The minimum absolute atomic E-state index is 0.204. The Morgan fingerprint density at radius 1 is 1.22 bits per heavy atom. The van der Waals surface area contributed by atoms with E-state index in [1.54, 1.807) is 25.3 Å². The summed E-state index contributed by atoms with van der Waals surface area (Å²) >= 11 is 0. The fourth-order valence-electron chi connectivity index (χ4n) is 2.90. The molecule has 3 aromatic rings. The molecule has 0 radical (unpaired) electrons. The van der Waals surface area contributed by atoms with E-state index in [1.807, 2.05) is 38.3 Å². The number of hydrogen-bond acceptors (Lipinski definition) is 5. The van der Waals surface area contributed by atoms with Crippen molar-refractivity contribution in [3.05, 3.63) is 63.6 Å². The Morgan fingerprint density at radius 3 is 2.59 bits per heavy atom. The monoisotopic (exact) mass is 364 g/mol. The number of furan rings is 2. The number of hydrazone groups is 1. The molecule has 0 aromatic carbocycles. The summed E-state index contributed by atoms with van der Waals surface area (Å²) in [5.41, 5.74) is 6.34. The van der Waals surface area contributed by atoms with Crippen molar-refractivity contribution < 1.29 is 13.6 Å². The Labute approximate surface area is 156 Å². The Balaban J connectivity index is 1.87. The van der Waals surface area contributed by atoms with Crippen LogP contribution in [0.15, 0.2) is 32.1 Å². The van der Waals surface area contributed by atoms with Crippen LogP contribution in [0, 0.1) is 45.9 Å². The van der Waals surface area contributed by atoms with Gasteiger partial charge in [-0.3, -0.25) is 9.36 Å². The van der Waals surface area contributed by atoms with Gasteiger partial charge in [0.2, 0.25) is 5.88 Å². The SMILES string of the molecule is Cc1ccc(C(=O)N/N=C\c2cc(C)n(-c3oc(C)c(C)c3C#N)c2C)o1. The molecule has 1 N–H and O–H groups in total. The van der Waals surface area contributed by atoms with Gasteiger partial charge in [0.1, 0.15) is 23.2 Å². The minimum atomic E-state index is -0.419. The van der Waals surface area contributed by atoms with Crippen LogP contribution in [-0.4, -0.2) is 16.7 Å². The van der Waals surface area contributed by atoms with Crippen molar-refractivity contribution in [2.24, 2.45) is 5.10 Å². The third-order valence-corrected chi connectivity index (χ3v) is 4.49. The van der Waals surface area contributed by atoms with Crippen molar-refractivity contribution in [3.8, 4) is 12.0 Å². The molecule has 3 rings (SSSR count). The van der Waals surface area contributed by atoms with E-state index >= 15 is 0 Å². The van der Waals surface area contributed by atoms with Crippen LogP contribution in [0.25, 0.3) is 5.88 Å². The molecule has 0 saturated heterocycles. The maximum absolute atomic E-state index is 12.0. The van der Waals surface area contributed by atoms with Crippen LogP contribution in [0.4, 0.5) is 0 Å². The maximum atomic E-state index is 12.0. The fourth-order valence-corrected chi connectivity index (χ4v) is 2.90.